The van der Waals surface area contributed by atoms with Gasteiger partial charge in [0.1, 0.15) is 6.07 Å². The minimum atomic E-state index is -0.559. The first-order valence-electron chi connectivity index (χ1n) is 24.2. The number of benzene rings is 10. The van der Waals surface area contributed by atoms with Gasteiger partial charge in [-0.2, -0.15) is 5.26 Å². The Balaban J connectivity index is 1.05. The summed E-state index contributed by atoms with van der Waals surface area (Å²) in [6.45, 7) is 0. The van der Waals surface area contributed by atoms with E-state index in [-0.39, 0.29) is 0 Å². The van der Waals surface area contributed by atoms with Crippen molar-refractivity contribution in [3.63, 3.8) is 0 Å². The topological polar surface area (TPSA) is 46.5 Å². The average Bonchev–Trinajstić information content (AvgIpc) is 4.15. The molecule has 0 radical (unpaired) electrons. The number of aromatic nitrogens is 3. The van der Waals surface area contributed by atoms with Crippen LogP contribution in [-0.4, -0.2) is 14.1 Å². The molecule has 0 bridgehead atoms. The molecule has 4 nitrogen and oxygen atoms in total. The second-order valence-electron chi connectivity index (χ2n) is 18.9. The van der Waals surface area contributed by atoms with Crippen LogP contribution in [0.3, 0.4) is 0 Å². The number of hydrogen-bond donors (Lipinski definition) is 0. The van der Waals surface area contributed by atoms with Gasteiger partial charge in [-0.3, -0.25) is 4.98 Å². The molecule has 0 saturated heterocycles. The first-order chi connectivity index (χ1) is 35.2. The summed E-state index contributed by atoms with van der Waals surface area (Å²) in [5.74, 6) is 0. The highest BCUT2D eigenvalue weighted by Gasteiger charge is 2.51. The van der Waals surface area contributed by atoms with E-state index < -0.39 is 5.41 Å². The molecule has 0 aliphatic heterocycles. The molecule has 4 heteroatoms. The molecule has 0 saturated carbocycles. The summed E-state index contributed by atoms with van der Waals surface area (Å²) >= 11 is 0. The van der Waals surface area contributed by atoms with Gasteiger partial charge in [0.2, 0.25) is 0 Å². The van der Waals surface area contributed by atoms with Crippen LogP contribution in [0.1, 0.15) is 27.8 Å². The van der Waals surface area contributed by atoms with Crippen LogP contribution >= 0.6 is 0 Å². The highest BCUT2D eigenvalue weighted by atomic mass is 15.0. The molecule has 3 heterocycles. The number of rotatable bonds is 5. The van der Waals surface area contributed by atoms with E-state index in [1.54, 1.807) is 0 Å². The number of nitrogens with zero attached hydrogens (tertiary/aromatic N) is 4. The molecule has 0 atom stereocenters. The van der Waals surface area contributed by atoms with Crippen molar-refractivity contribution in [2.75, 3.05) is 0 Å². The van der Waals surface area contributed by atoms with E-state index in [0.717, 1.165) is 88.4 Å². The Labute approximate surface area is 410 Å². The number of nitriles is 1. The fourth-order valence-electron chi connectivity index (χ4n) is 12.5. The van der Waals surface area contributed by atoms with Gasteiger partial charge in [0.15, 0.2) is 0 Å². The standard InChI is InChI=1S/C67H40N4/c68-40-47-38-66(71-62-26-14-10-22-52(62)55-36-45(29-32-64(55)71)43-17-5-2-6-18-43)53(39-65(47)70-61-25-13-9-21-51(61)54-35-44(28-31-63(54)70)42-15-3-1-4-16-42)46-27-30-50-56-41-69-34-33-59(56)67(60(50)37-46)57-23-11-7-19-48(57)49-20-8-12-24-58(49)67/h1-39,41H. The SMILES string of the molecule is N#Cc1cc(-n2c3ccccc3c3cc(-c4ccccc4)ccc32)c(-c2ccc3c(c2)C2(c4ccccc4-c4ccccc42)c2ccncc2-3)cc1-n1c2ccccc2c2cc(-c3ccccc3)ccc21. The van der Waals surface area contributed by atoms with Crippen molar-refractivity contribution in [2.24, 2.45) is 0 Å². The van der Waals surface area contributed by atoms with Crippen LogP contribution in [0.2, 0.25) is 0 Å². The monoisotopic (exact) mass is 900 g/mol. The Kier molecular flexibility index (Phi) is 8.31. The molecule has 0 amide bonds. The van der Waals surface area contributed by atoms with E-state index in [0.29, 0.717) is 5.56 Å². The first kappa shape index (κ1) is 39.4. The minimum absolute atomic E-state index is 0.559. The summed E-state index contributed by atoms with van der Waals surface area (Å²) in [5.41, 5.74) is 22.6. The second-order valence-corrected chi connectivity index (χ2v) is 18.9. The summed E-state index contributed by atoms with van der Waals surface area (Å²) < 4.78 is 4.70. The predicted octanol–water partition coefficient (Wildman–Crippen LogP) is 16.5. The lowest BCUT2D eigenvalue weighted by Crippen LogP contribution is -2.25. The summed E-state index contributed by atoms with van der Waals surface area (Å²) in [6, 6.07) is 86.3. The Hall–Kier alpha value is -9.56. The molecule has 15 rings (SSSR count). The third-order valence-electron chi connectivity index (χ3n) is 15.5. The maximum Gasteiger partial charge on any atom is 0.101 e. The molecule has 71 heavy (non-hydrogen) atoms. The van der Waals surface area contributed by atoms with Gasteiger partial charge < -0.3 is 9.13 Å². The van der Waals surface area contributed by atoms with Gasteiger partial charge in [-0.1, -0.05) is 170 Å². The Morgan fingerprint density at radius 2 is 0.831 bits per heavy atom. The molecule has 3 aromatic heterocycles. The predicted molar refractivity (Wildman–Crippen MR) is 290 cm³/mol. The summed E-state index contributed by atoms with van der Waals surface area (Å²) in [4.78, 5) is 4.73. The summed E-state index contributed by atoms with van der Waals surface area (Å²) in [6.07, 6.45) is 3.99. The van der Waals surface area contributed by atoms with Gasteiger partial charge in [-0.15, -0.1) is 0 Å². The van der Waals surface area contributed by atoms with Crippen LogP contribution in [0.5, 0.6) is 0 Å². The van der Waals surface area contributed by atoms with Crippen molar-refractivity contribution in [1.29, 1.82) is 5.26 Å². The maximum atomic E-state index is 11.5. The van der Waals surface area contributed by atoms with Crippen LogP contribution in [0.4, 0.5) is 0 Å². The van der Waals surface area contributed by atoms with E-state index in [2.05, 4.69) is 246 Å². The number of pyridine rings is 1. The van der Waals surface area contributed by atoms with E-state index in [1.165, 1.54) is 44.5 Å². The van der Waals surface area contributed by atoms with Crippen molar-refractivity contribution in [2.45, 2.75) is 5.41 Å². The van der Waals surface area contributed by atoms with Crippen LogP contribution < -0.4 is 0 Å². The normalized spacial score (nSPS) is 12.9. The Morgan fingerprint density at radius 1 is 0.338 bits per heavy atom. The lowest BCUT2D eigenvalue weighted by molar-refractivity contribution is 0.792. The zero-order valence-corrected chi connectivity index (χ0v) is 38.4. The zero-order chi connectivity index (χ0) is 46.8. The molecule has 2 aliphatic carbocycles. The largest absolute Gasteiger partial charge is 0.309 e. The number of para-hydroxylation sites is 2. The third kappa shape index (κ3) is 5.46. The van der Waals surface area contributed by atoms with E-state index >= 15 is 0 Å². The van der Waals surface area contributed by atoms with Crippen LogP contribution in [-0.2, 0) is 5.41 Å². The van der Waals surface area contributed by atoms with Crippen LogP contribution in [0.25, 0.3) is 111 Å². The van der Waals surface area contributed by atoms with Crippen molar-refractivity contribution < 1.29 is 0 Å². The summed E-state index contributed by atoms with van der Waals surface area (Å²) in [5, 5.41) is 16.1. The van der Waals surface area contributed by atoms with Crippen LogP contribution in [0.15, 0.2) is 243 Å². The van der Waals surface area contributed by atoms with E-state index in [4.69, 9.17) is 4.98 Å². The average molecular weight is 901 g/mol. The van der Waals surface area contributed by atoms with Crippen molar-refractivity contribution in [3.05, 3.63) is 271 Å². The lowest BCUT2D eigenvalue weighted by atomic mass is 9.70. The number of hydrogen-bond acceptors (Lipinski definition) is 2. The zero-order valence-electron chi connectivity index (χ0n) is 38.4. The van der Waals surface area contributed by atoms with Gasteiger partial charge in [0, 0.05) is 45.1 Å². The molecule has 10 aromatic carbocycles. The molecule has 13 aromatic rings. The molecule has 0 unspecified atom stereocenters. The minimum Gasteiger partial charge on any atom is -0.309 e. The highest BCUT2D eigenvalue weighted by molar-refractivity contribution is 6.13. The molecule has 328 valence electrons. The fraction of sp³-hybridized carbons (Fsp3) is 0.0149. The van der Waals surface area contributed by atoms with Gasteiger partial charge in [0.25, 0.3) is 0 Å². The molecule has 0 N–H and O–H groups in total. The van der Waals surface area contributed by atoms with Gasteiger partial charge >= 0.3 is 0 Å². The van der Waals surface area contributed by atoms with Crippen molar-refractivity contribution >= 4 is 43.6 Å². The molecule has 0 fully saturated rings. The van der Waals surface area contributed by atoms with Gasteiger partial charge in [-0.25, -0.2) is 0 Å². The smallest absolute Gasteiger partial charge is 0.101 e. The van der Waals surface area contributed by atoms with Gasteiger partial charge in [0.05, 0.1) is 44.4 Å². The quantitative estimate of drug-likeness (QED) is 0.173. The maximum absolute atomic E-state index is 11.5. The van der Waals surface area contributed by atoms with Gasteiger partial charge in [-0.05, 0) is 127 Å². The number of fused-ring (bicyclic) bond motifs is 16. The first-order valence-corrected chi connectivity index (χ1v) is 24.2. The van der Waals surface area contributed by atoms with E-state index in [1.807, 2.05) is 12.4 Å². The van der Waals surface area contributed by atoms with E-state index in [9.17, 15) is 5.26 Å². The molecular weight excluding hydrogens is 861 g/mol. The third-order valence-corrected chi connectivity index (χ3v) is 15.5. The lowest BCUT2D eigenvalue weighted by Gasteiger charge is -2.30. The molecular formula is C67H40N4. The fourth-order valence-corrected chi connectivity index (χ4v) is 12.5. The summed E-state index contributed by atoms with van der Waals surface area (Å²) in [7, 11) is 0. The Morgan fingerprint density at radius 3 is 1.44 bits per heavy atom. The van der Waals surface area contributed by atoms with Crippen molar-refractivity contribution in [1.82, 2.24) is 14.1 Å². The van der Waals surface area contributed by atoms with Crippen molar-refractivity contribution in [3.8, 4) is 73.1 Å². The molecule has 1 spiro atoms. The second kappa shape index (κ2) is 15.0. The Bertz CT molecular complexity index is 4350. The highest BCUT2D eigenvalue weighted by Crippen LogP contribution is 2.63. The van der Waals surface area contributed by atoms with Crippen LogP contribution in [0, 0.1) is 11.3 Å². The molecule has 2 aliphatic rings.